The zero-order valence-electron chi connectivity index (χ0n) is 51.3. The van der Waals surface area contributed by atoms with Crippen LogP contribution in [0.2, 0.25) is 0 Å². The predicted molar refractivity (Wildman–Crippen MR) is 332 cm³/mol. The number of rotatable bonds is 19. The number of para-hydroxylation sites is 4. The molecule has 8 bridgehead atoms. The number of benzene rings is 2. The minimum atomic E-state index is -1.18. The molecular formula is C66H92N10O11. The van der Waals surface area contributed by atoms with Crippen LogP contribution in [0.1, 0.15) is 197 Å². The number of carboxylic acids is 2. The summed E-state index contributed by atoms with van der Waals surface area (Å²) in [5.41, 5.74) is 7.45. The highest BCUT2D eigenvalue weighted by Crippen LogP contribution is 2.49. The summed E-state index contributed by atoms with van der Waals surface area (Å²) in [5.74, 6) is 0.514. The Morgan fingerprint density at radius 3 is 1.29 bits per heavy atom. The van der Waals surface area contributed by atoms with Crippen LogP contribution in [0.3, 0.4) is 0 Å². The molecule has 5 N–H and O–H groups in total. The van der Waals surface area contributed by atoms with E-state index in [9.17, 15) is 28.8 Å². The number of hydrogen-bond acceptors (Lipinski definition) is 16. The van der Waals surface area contributed by atoms with Crippen LogP contribution in [0.25, 0.3) is 22.1 Å². The lowest BCUT2D eigenvalue weighted by Crippen LogP contribution is -2.58. The lowest BCUT2D eigenvalue weighted by Gasteiger charge is -2.55. The molecule has 12 rings (SSSR count). The van der Waals surface area contributed by atoms with Gasteiger partial charge in [0, 0.05) is 74.6 Å². The van der Waals surface area contributed by atoms with Gasteiger partial charge in [0.15, 0.2) is 11.4 Å². The number of carbonyl (C=O) groups is 4. The number of piperidine rings is 4. The molecule has 472 valence electrons. The molecule has 21 heteroatoms. The standard InChI is InChI=1S/C33H44N4O6.C32H43N5O5.CH5N/c1-2-42-31(40)14-13-28(35-43-20-30(38)39)32-33(41)37(29-12-4-3-11-27(29)34-32)26-18-23-9-6-10-24(19-26)36(23)25-16-21-7-5-8-22(15-21)17-25;1-33-29(38)13-12-27(35-42-19-30(39)40)31-32(41)37(28-11-3-2-10-26(28)34-31)25-17-22-8-5-9-23(18-25)36(22)24-15-20-6-4-7-21(14-20)16-24;1-2/h3-4,11-12,21-26H,2,5-10,13-20H2,1H3,(H,38,39);2-3,10-11,20-25H,4-9,12-19H2,1H3,(H,33,38)(H,39,40);2H2,1H3/t21?,22?,23-,24+,25?,26?;20?,21?,22-,23+,24?,25?;. The van der Waals surface area contributed by atoms with Crippen LogP contribution < -0.4 is 22.2 Å². The third kappa shape index (κ3) is 15.0. The van der Waals surface area contributed by atoms with Crippen LogP contribution in [-0.2, 0) is 33.6 Å². The molecule has 8 aliphatic rings. The average Bonchev–Trinajstić information content (AvgIpc) is 0.923. The molecular weight excluding hydrogens is 1110 g/mol. The third-order valence-corrected chi connectivity index (χ3v) is 20.4. The van der Waals surface area contributed by atoms with E-state index >= 15 is 0 Å². The first-order valence-corrected chi connectivity index (χ1v) is 32.7. The van der Waals surface area contributed by atoms with Gasteiger partial charge in [-0.05, 0) is 152 Å². The second-order valence-corrected chi connectivity index (χ2v) is 25.8. The summed E-state index contributed by atoms with van der Waals surface area (Å²) in [6.45, 7) is 0.670. The molecule has 2 aromatic heterocycles. The van der Waals surface area contributed by atoms with Crippen molar-refractivity contribution < 1.29 is 43.8 Å². The van der Waals surface area contributed by atoms with Crippen molar-refractivity contribution in [2.24, 2.45) is 39.7 Å². The first kappa shape index (κ1) is 63.4. The number of fused-ring (bicyclic) bond motifs is 10. The topological polar surface area (TPSA) is 275 Å². The van der Waals surface area contributed by atoms with Crippen LogP contribution in [0, 0.1) is 23.7 Å². The summed E-state index contributed by atoms with van der Waals surface area (Å²) in [6, 6.07) is 18.6. The first-order chi connectivity index (χ1) is 42.3. The fourth-order valence-corrected chi connectivity index (χ4v) is 17.2. The first-order valence-electron chi connectivity index (χ1n) is 32.7. The van der Waals surface area contributed by atoms with Gasteiger partial charge in [0.25, 0.3) is 11.1 Å². The number of nitrogens with one attached hydrogen (secondary N) is 1. The molecule has 1 amide bonds. The molecule has 6 unspecified atom stereocenters. The van der Waals surface area contributed by atoms with Gasteiger partial charge in [0.1, 0.15) is 11.4 Å². The number of nitrogens with two attached hydrogens (primary N) is 1. The second kappa shape index (κ2) is 29.6. The Bertz CT molecular complexity index is 3200. The zero-order chi connectivity index (χ0) is 61.1. The number of oxime groups is 2. The van der Waals surface area contributed by atoms with Crippen molar-refractivity contribution in [1.29, 1.82) is 0 Å². The van der Waals surface area contributed by atoms with E-state index in [1.165, 1.54) is 123 Å². The van der Waals surface area contributed by atoms with Crippen molar-refractivity contribution in [3.63, 3.8) is 0 Å². The fourth-order valence-electron chi connectivity index (χ4n) is 17.2. The Hall–Kier alpha value is -6.58. The molecule has 10 atom stereocenters. The summed E-state index contributed by atoms with van der Waals surface area (Å²) in [4.78, 5) is 100. The van der Waals surface area contributed by atoms with E-state index < -0.39 is 31.1 Å². The Kier molecular flexibility index (Phi) is 21.6. The van der Waals surface area contributed by atoms with E-state index in [0.717, 1.165) is 60.4 Å². The number of aliphatic carboxylic acids is 2. The Morgan fingerprint density at radius 2 is 0.908 bits per heavy atom. The lowest BCUT2D eigenvalue weighted by atomic mass is 9.68. The van der Waals surface area contributed by atoms with Gasteiger partial charge >= 0.3 is 17.9 Å². The van der Waals surface area contributed by atoms with Crippen molar-refractivity contribution in [2.45, 2.75) is 222 Å². The Labute approximate surface area is 509 Å². The summed E-state index contributed by atoms with van der Waals surface area (Å²) in [6.07, 6.45) is 27.5. The van der Waals surface area contributed by atoms with Crippen molar-refractivity contribution in [1.82, 2.24) is 34.2 Å². The van der Waals surface area contributed by atoms with Crippen molar-refractivity contribution in [2.75, 3.05) is 33.9 Å². The van der Waals surface area contributed by atoms with Crippen LogP contribution in [0.15, 0.2) is 68.4 Å². The minimum Gasteiger partial charge on any atom is -0.479 e. The molecule has 4 aromatic rings. The zero-order valence-corrected chi connectivity index (χ0v) is 51.3. The van der Waals surface area contributed by atoms with Crippen LogP contribution in [-0.4, -0.2) is 145 Å². The number of aromatic nitrogens is 4. The van der Waals surface area contributed by atoms with Gasteiger partial charge in [-0.1, -0.05) is 85.9 Å². The largest absolute Gasteiger partial charge is 0.479 e. The predicted octanol–water partition coefficient (Wildman–Crippen LogP) is 8.90. The highest BCUT2D eigenvalue weighted by atomic mass is 16.6. The van der Waals surface area contributed by atoms with Crippen LogP contribution >= 0.6 is 0 Å². The molecule has 4 saturated heterocycles. The molecule has 2 aromatic carbocycles. The van der Waals surface area contributed by atoms with Crippen molar-refractivity contribution >= 4 is 57.3 Å². The maximum Gasteiger partial charge on any atom is 0.344 e. The average molecular weight is 1200 g/mol. The second-order valence-electron chi connectivity index (χ2n) is 25.8. The fraction of sp³-hybridized carbons (Fsp3) is 0.667. The highest BCUT2D eigenvalue weighted by molar-refractivity contribution is 6.02. The number of carbonyl (C=O) groups excluding carboxylic acids is 2. The highest BCUT2D eigenvalue weighted by Gasteiger charge is 2.48. The van der Waals surface area contributed by atoms with Gasteiger partial charge in [-0.15, -0.1) is 0 Å². The van der Waals surface area contributed by atoms with E-state index in [1.807, 2.05) is 57.7 Å². The maximum atomic E-state index is 14.3. The Balaban J connectivity index is 0.000000187. The van der Waals surface area contributed by atoms with Gasteiger partial charge in [0.2, 0.25) is 19.1 Å². The van der Waals surface area contributed by atoms with E-state index in [-0.39, 0.29) is 84.2 Å². The number of esters is 1. The van der Waals surface area contributed by atoms with Crippen molar-refractivity contribution in [3.05, 3.63) is 80.6 Å². The number of nitrogens with zero attached hydrogens (tertiary/aromatic N) is 8. The maximum absolute atomic E-state index is 14.3. The summed E-state index contributed by atoms with van der Waals surface area (Å²) >= 11 is 0. The molecule has 87 heavy (non-hydrogen) atoms. The monoisotopic (exact) mass is 1200 g/mol. The Morgan fingerprint density at radius 1 is 0.529 bits per heavy atom. The van der Waals surface area contributed by atoms with E-state index in [4.69, 9.17) is 34.6 Å². The lowest BCUT2D eigenvalue weighted by molar-refractivity contribution is -0.143. The van der Waals surface area contributed by atoms with Crippen molar-refractivity contribution in [3.8, 4) is 0 Å². The van der Waals surface area contributed by atoms with Crippen LogP contribution in [0.5, 0.6) is 0 Å². The van der Waals surface area contributed by atoms with Gasteiger partial charge in [0.05, 0.1) is 35.1 Å². The molecule has 4 saturated carbocycles. The molecule has 4 aliphatic carbocycles. The number of carboxylic acid groups (broad SMARTS) is 2. The van der Waals surface area contributed by atoms with E-state index in [1.54, 1.807) is 14.0 Å². The van der Waals surface area contributed by atoms with Crippen LogP contribution in [0.4, 0.5) is 0 Å². The van der Waals surface area contributed by atoms with Gasteiger partial charge in [-0.3, -0.25) is 29.0 Å². The third-order valence-electron chi connectivity index (χ3n) is 20.4. The molecule has 6 heterocycles. The van der Waals surface area contributed by atoms with Gasteiger partial charge in [-0.2, -0.15) is 0 Å². The van der Waals surface area contributed by atoms with E-state index in [0.29, 0.717) is 47.3 Å². The summed E-state index contributed by atoms with van der Waals surface area (Å²) < 4.78 is 8.91. The molecule has 8 fully saturated rings. The normalized spacial score (nSPS) is 28.9. The molecule has 0 spiro atoms. The van der Waals surface area contributed by atoms with Gasteiger partial charge < -0.3 is 44.8 Å². The number of ether oxygens (including phenoxy) is 1. The van der Waals surface area contributed by atoms with Gasteiger partial charge in [-0.25, -0.2) is 19.6 Å². The summed E-state index contributed by atoms with van der Waals surface area (Å²) in [7, 11) is 3.05. The quantitative estimate of drug-likeness (QED) is 0.0387. The number of amides is 1. The molecule has 21 nitrogen and oxygen atoms in total. The smallest absolute Gasteiger partial charge is 0.344 e. The SMILES string of the molecule is CCOC(=O)CCC(=NOCC(=O)O)c1nc2ccccc2n(C2C[C@H]3CCC[C@@H](C2)N3C2CC3CCCC(C3)C2)c1=O.CN.CNC(=O)CCC(=NOCC(=O)O)c1nc2ccccc2n(C2C[C@H]3CCC[C@@H](C2)N3C2CC3CCCC(C3)C2)c1=O. The molecule has 4 aliphatic heterocycles. The minimum absolute atomic E-state index is 0.0139. The molecule has 0 radical (unpaired) electrons. The van der Waals surface area contributed by atoms with E-state index in [2.05, 4.69) is 31.2 Å². The summed E-state index contributed by atoms with van der Waals surface area (Å²) in [5, 5.41) is 28.8. The number of hydrogen-bond donors (Lipinski definition) is 4.